The Morgan fingerprint density at radius 2 is 1.66 bits per heavy atom. The van der Waals surface area contributed by atoms with Crippen LogP contribution in [0.1, 0.15) is 26.3 Å². The van der Waals surface area contributed by atoms with Crippen LogP contribution in [-0.2, 0) is 5.75 Å². The summed E-state index contributed by atoms with van der Waals surface area (Å²) in [6, 6.07) is 13.3. The van der Waals surface area contributed by atoms with Crippen molar-refractivity contribution in [3.05, 3.63) is 77.0 Å². The first-order valence-corrected chi connectivity index (χ1v) is 14.7. The second-order valence-electron chi connectivity index (χ2n) is 7.06. The summed E-state index contributed by atoms with van der Waals surface area (Å²) in [5, 5.41) is 12.5. The number of fused-ring (bicyclic) bond motifs is 1. The molecule has 0 atom stereocenters. The van der Waals surface area contributed by atoms with Gasteiger partial charge in [-0.25, -0.2) is 9.78 Å². The number of methoxy groups -OCH3 is 1. The maximum atomic E-state index is 13.1. The van der Waals surface area contributed by atoms with Gasteiger partial charge >= 0.3 is 5.97 Å². The molecule has 6 nitrogen and oxygen atoms in total. The maximum Gasteiger partial charge on any atom is 0.337 e. The van der Waals surface area contributed by atoms with Crippen LogP contribution < -0.4 is 10.1 Å². The number of thiazole rings is 1. The molecule has 0 bridgehead atoms. The number of halogens is 4. The topological polar surface area (TPSA) is 88.5 Å². The van der Waals surface area contributed by atoms with Crippen molar-refractivity contribution in [2.75, 3.05) is 12.4 Å². The van der Waals surface area contributed by atoms with Gasteiger partial charge in [0.2, 0.25) is 0 Å². The molecule has 0 radical (unpaired) electrons. The van der Waals surface area contributed by atoms with Gasteiger partial charge in [-0.15, -0.1) is 11.3 Å². The van der Waals surface area contributed by atoms with Crippen molar-refractivity contribution in [3.8, 4) is 5.75 Å². The summed E-state index contributed by atoms with van der Waals surface area (Å²) >= 11 is 16.5. The lowest BCUT2D eigenvalue weighted by atomic mass is 10.1. The summed E-state index contributed by atoms with van der Waals surface area (Å²) in [7, 11) is 1.64. The number of carboxylic acid groups (broad SMARTS) is 1. The van der Waals surface area contributed by atoms with Crippen LogP contribution in [0.2, 0.25) is 0 Å². The van der Waals surface area contributed by atoms with Crippen LogP contribution >= 0.6 is 86.8 Å². The van der Waals surface area contributed by atoms with Gasteiger partial charge in [-0.05, 0) is 99.6 Å². The zero-order valence-corrected chi connectivity index (χ0v) is 25.7. The number of hydrogen-bond donors (Lipinski definition) is 2. The van der Waals surface area contributed by atoms with Gasteiger partial charge in [0.1, 0.15) is 5.75 Å². The van der Waals surface area contributed by atoms with Crippen LogP contribution in [0.4, 0.5) is 5.69 Å². The van der Waals surface area contributed by atoms with Crippen LogP contribution in [0.15, 0.2) is 64.7 Å². The Bertz CT molecular complexity index is 1460. The normalized spacial score (nSPS) is 11.0. The molecule has 12 heteroatoms. The quantitative estimate of drug-likeness (QED) is 0.111. The van der Waals surface area contributed by atoms with E-state index in [0.29, 0.717) is 19.1 Å². The number of nitrogens with zero attached hydrogens (tertiary/aromatic N) is 1. The molecular formula is C23H14Br4N2O4S2. The maximum absolute atomic E-state index is 13.1. The van der Waals surface area contributed by atoms with E-state index in [1.807, 2.05) is 36.4 Å². The first-order chi connectivity index (χ1) is 16.7. The third-order valence-electron chi connectivity index (χ3n) is 4.86. The van der Waals surface area contributed by atoms with Gasteiger partial charge in [0.25, 0.3) is 5.91 Å². The number of thioether (sulfide) groups is 1. The summed E-state index contributed by atoms with van der Waals surface area (Å²) in [4.78, 5) is 29.7. The smallest absolute Gasteiger partial charge is 0.337 e. The van der Waals surface area contributed by atoms with E-state index in [9.17, 15) is 14.7 Å². The molecule has 1 heterocycles. The summed E-state index contributed by atoms with van der Waals surface area (Å²) in [6.45, 7) is 0. The minimum atomic E-state index is -1.23. The first-order valence-electron chi connectivity index (χ1n) is 9.76. The van der Waals surface area contributed by atoms with E-state index in [1.54, 1.807) is 24.9 Å². The van der Waals surface area contributed by atoms with Gasteiger partial charge in [-0.2, -0.15) is 0 Å². The number of aromatic nitrogens is 1. The highest BCUT2D eigenvalue weighted by atomic mass is 79.9. The molecule has 0 aliphatic rings. The molecular weight excluding hydrogens is 752 g/mol. The van der Waals surface area contributed by atoms with Crippen LogP contribution in [0.5, 0.6) is 5.75 Å². The predicted molar refractivity (Wildman–Crippen MR) is 154 cm³/mol. The number of rotatable bonds is 7. The number of hydrogen-bond acceptors (Lipinski definition) is 6. The second-order valence-corrected chi connectivity index (χ2v) is 12.5. The number of benzene rings is 3. The number of anilines is 1. The number of ether oxygens (including phenoxy) is 1. The summed E-state index contributed by atoms with van der Waals surface area (Å²) in [5.41, 5.74) is 2.37. The zero-order chi connectivity index (χ0) is 25.3. The molecule has 0 saturated carbocycles. The molecule has 3 aromatic carbocycles. The monoisotopic (exact) mass is 762 g/mol. The number of carbonyl (C=O) groups excluding carboxylic acids is 1. The van der Waals surface area contributed by atoms with Gasteiger partial charge in [0.05, 0.1) is 28.5 Å². The molecule has 0 fully saturated rings. The van der Waals surface area contributed by atoms with Gasteiger partial charge in [0.15, 0.2) is 4.34 Å². The minimum Gasteiger partial charge on any atom is -0.497 e. The Morgan fingerprint density at radius 3 is 2.29 bits per heavy atom. The average Bonchev–Trinajstić information content (AvgIpc) is 3.25. The molecule has 4 aromatic rings. The van der Waals surface area contributed by atoms with Crippen LogP contribution in [0.3, 0.4) is 0 Å². The highest BCUT2D eigenvalue weighted by Crippen LogP contribution is 2.42. The van der Waals surface area contributed by atoms with E-state index >= 15 is 0 Å². The first kappa shape index (κ1) is 26.6. The van der Waals surface area contributed by atoms with E-state index in [0.717, 1.165) is 31.6 Å². The Kier molecular flexibility index (Phi) is 8.60. The Balaban J connectivity index is 1.55. The minimum absolute atomic E-state index is 0.000382. The van der Waals surface area contributed by atoms with Crippen molar-refractivity contribution in [2.45, 2.75) is 10.1 Å². The van der Waals surface area contributed by atoms with Gasteiger partial charge in [-0.1, -0.05) is 23.9 Å². The fourth-order valence-electron chi connectivity index (χ4n) is 3.15. The number of amides is 1. The third-order valence-corrected chi connectivity index (χ3v) is 11.9. The SMILES string of the molecule is COc1ccc(CSc2nc3ccc(NC(=O)c4c(Br)c(Br)c(Br)c(Br)c4C(=O)O)cc3s2)cc1. The summed E-state index contributed by atoms with van der Waals surface area (Å²) in [5.74, 6) is -0.195. The standard InChI is InChI=1S/C23H14Br4N2O4S2/c1-33-12-5-2-10(3-6-12)9-34-23-29-13-7-4-11(8-14(13)35-23)28-21(30)15-16(22(31)32)18(25)20(27)19(26)17(15)24/h2-8H,9H2,1H3,(H,28,30)(H,31,32). The van der Waals surface area contributed by atoms with Crippen LogP contribution in [0.25, 0.3) is 10.2 Å². The number of carboxylic acids is 1. The third kappa shape index (κ3) is 5.78. The lowest BCUT2D eigenvalue weighted by Gasteiger charge is -2.14. The van der Waals surface area contributed by atoms with Gasteiger partial charge in [0, 0.05) is 29.3 Å². The van der Waals surface area contributed by atoms with E-state index in [1.165, 1.54) is 11.3 Å². The van der Waals surface area contributed by atoms with Crippen molar-refractivity contribution >= 4 is 115 Å². The van der Waals surface area contributed by atoms with Crippen molar-refractivity contribution in [1.29, 1.82) is 0 Å². The molecule has 35 heavy (non-hydrogen) atoms. The number of carbonyl (C=O) groups is 2. The number of aromatic carboxylic acids is 1. The van der Waals surface area contributed by atoms with Crippen LogP contribution in [0, 0.1) is 0 Å². The Hall–Kier alpha value is -1.44. The average molecular weight is 766 g/mol. The van der Waals surface area contributed by atoms with E-state index in [-0.39, 0.29) is 15.6 Å². The Labute approximate surface area is 242 Å². The van der Waals surface area contributed by atoms with E-state index in [4.69, 9.17) is 4.74 Å². The fraction of sp³-hybridized carbons (Fsp3) is 0.0870. The zero-order valence-electron chi connectivity index (χ0n) is 17.7. The summed E-state index contributed by atoms with van der Waals surface area (Å²) in [6.07, 6.45) is 0. The predicted octanol–water partition coefficient (Wildman–Crippen LogP) is 8.60. The molecule has 0 unspecified atom stereocenters. The van der Waals surface area contributed by atoms with Crippen molar-refractivity contribution in [3.63, 3.8) is 0 Å². The molecule has 0 aliphatic carbocycles. The van der Waals surface area contributed by atoms with E-state index < -0.39 is 11.9 Å². The molecule has 4 rings (SSSR count). The van der Waals surface area contributed by atoms with Crippen molar-refractivity contribution in [2.24, 2.45) is 0 Å². The lowest BCUT2D eigenvalue weighted by Crippen LogP contribution is -2.18. The number of nitrogens with one attached hydrogen (secondary N) is 1. The van der Waals surface area contributed by atoms with Gasteiger partial charge in [-0.3, -0.25) is 4.79 Å². The van der Waals surface area contributed by atoms with Crippen molar-refractivity contribution < 1.29 is 19.4 Å². The summed E-state index contributed by atoms with van der Waals surface area (Å²) < 4.78 is 8.63. The molecule has 1 amide bonds. The van der Waals surface area contributed by atoms with Crippen LogP contribution in [-0.4, -0.2) is 29.1 Å². The molecule has 1 aromatic heterocycles. The highest BCUT2D eigenvalue weighted by molar-refractivity contribution is 9.15. The van der Waals surface area contributed by atoms with E-state index in [2.05, 4.69) is 74.0 Å². The molecule has 0 spiro atoms. The fourth-order valence-corrected chi connectivity index (χ4v) is 7.68. The lowest BCUT2D eigenvalue weighted by molar-refractivity contribution is 0.0691. The molecule has 180 valence electrons. The largest absolute Gasteiger partial charge is 0.497 e. The van der Waals surface area contributed by atoms with Gasteiger partial charge < -0.3 is 15.2 Å². The second kappa shape index (κ2) is 11.3. The molecule has 0 saturated heterocycles. The molecule has 0 aliphatic heterocycles. The highest BCUT2D eigenvalue weighted by Gasteiger charge is 2.28. The van der Waals surface area contributed by atoms with Crippen molar-refractivity contribution in [1.82, 2.24) is 4.98 Å². The Morgan fingerprint density at radius 1 is 1.00 bits per heavy atom. The molecule has 2 N–H and O–H groups in total.